The predicted molar refractivity (Wildman–Crippen MR) is 92.4 cm³/mol. The largest absolute Gasteiger partial charge is 0.308 e. The second kappa shape index (κ2) is 8.74. The second-order valence-electron chi connectivity index (χ2n) is 5.92. The van der Waals surface area contributed by atoms with Gasteiger partial charge in [-0.25, -0.2) is 0 Å². The van der Waals surface area contributed by atoms with Crippen LogP contribution in [0.25, 0.3) is 0 Å². The van der Waals surface area contributed by atoms with Crippen LogP contribution in [0.3, 0.4) is 0 Å². The standard InChI is InChI=1S/C17H28BrN3/c1-3-10-19-16(12-14-8-6-5-7-9-14)17-15(18)13-20-21(17)11-4-2/h8,13,16,19H,3-7,9-12H2,1-2H3. The van der Waals surface area contributed by atoms with Crippen molar-refractivity contribution in [3.63, 3.8) is 0 Å². The van der Waals surface area contributed by atoms with Crippen LogP contribution in [0.5, 0.6) is 0 Å². The van der Waals surface area contributed by atoms with Crippen LogP contribution in [0.2, 0.25) is 0 Å². The Bertz CT molecular complexity index is 465. The fourth-order valence-electron chi connectivity index (χ4n) is 3.04. The van der Waals surface area contributed by atoms with Gasteiger partial charge in [0.15, 0.2) is 0 Å². The van der Waals surface area contributed by atoms with Gasteiger partial charge in [-0.1, -0.05) is 25.5 Å². The molecular formula is C17H28BrN3. The summed E-state index contributed by atoms with van der Waals surface area (Å²) in [6.45, 7) is 6.48. The minimum Gasteiger partial charge on any atom is -0.308 e. The number of hydrogen-bond donors (Lipinski definition) is 1. The van der Waals surface area contributed by atoms with Crippen molar-refractivity contribution in [3.05, 3.63) is 28.0 Å². The van der Waals surface area contributed by atoms with E-state index >= 15 is 0 Å². The molecule has 0 spiro atoms. The van der Waals surface area contributed by atoms with E-state index in [-0.39, 0.29) is 0 Å². The topological polar surface area (TPSA) is 29.9 Å². The van der Waals surface area contributed by atoms with Gasteiger partial charge in [-0.15, -0.1) is 0 Å². The lowest BCUT2D eigenvalue weighted by atomic mass is 9.93. The van der Waals surface area contributed by atoms with Crippen LogP contribution < -0.4 is 5.32 Å². The first-order valence-electron chi connectivity index (χ1n) is 8.38. The van der Waals surface area contributed by atoms with E-state index in [1.54, 1.807) is 5.57 Å². The molecule has 21 heavy (non-hydrogen) atoms. The number of allylic oxidation sites excluding steroid dienone is 1. The molecule has 1 unspecified atom stereocenters. The van der Waals surface area contributed by atoms with Gasteiger partial charge < -0.3 is 5.32 Å². The Morgan fingerprint density at radius 2 is 2.19 bits per heavy atom. The molecule has 0 radical (unpaired) electrons. The van der Waals surface area contributed by atoms with Gasteiger partial charge in [-0.3, -0.25) is 4.68 Å². The highest BCUT2D eigenvalue weighted by Crippen LogP contribution is 2.31. The van der Waals surface area contributed by atoms with Gasteiger partial charge in [0, 0.05) is 6.54 Å². The van der Waals surface area contributed by atoms with Gasteiger partial charge in [-0.05, 0) is 67.4 Å². The molecule has 0 saturated carbocycles. The van der Waals surface area contributed by atoms with Gasteiger partial charge in [-0.2, -0.15) is 5.10 Å². The molecule has 3 nitrogen and oxygen atoms in total. The fraction of sp³-hybridized carbons (Fsp3) is 0.706. The Morgan fingerprint density at radius 3 is 2.86 bits per heavy atom. The van der Waals surface area contributed by atoms with Crippen molar-refractivity contribution in [2.45, 2.75) is 71.4 Å². The zero-order valence-electron chi connectivity index (χ0n) is 13.4. The molecule has 0 aromatic carbocycles. The summed E-state index contributed by atoms with van der Waals surface area (Å²) in [6, 6.07) is 0.373. The highest BCUT2D eigenvalue weighted by molar-refractivity contribution is 9.10. The Hall–Kier alpha value is -0.610. The lowest BCUT2D eigenvalue weighted by Crippen LogP contribution is -2.26. The molecule has 1 heterocycles. The zero-order chi connectivity index (χ0) is 15.1. The summed E-state index contributed by atoms with van der Waals surface area (Å²) in [7, 11) is 0. The maximum Gasteiger partial charge on any atom is 0.0698 e. The number of nitrogens with zero attached hydrogens (tertiary/aromatic N) is 2. The summed E-state index contributed by atoms with van der Waals surface area (Å²) >= 11 is 3.70. The summed E-state index contributed by atoms with van der Waals surface area (Å²) in [4.78, 5) is 0. The Kier molecular flexibility index (Phi) is 6.97. The molecule has 0 bridgehead atoms. The molecule has 1 aromatic heterocycles. The predicted octanol–water partition coefficient (Wildman–Crippen LogP) is 4.99. The molecule has 1 atom stereocenters. The van der Waals surface area contributed by atoms with E-state index in [0.29, 0.717) is 6.04 Å². The lowest BCUT2D eigenvalue weighted by Gasteiger charge is -2.23. The monoisotopic (exact) mass is 353 g/mol. The quantitative estimate of drug-likeness (QED) is 0.667. The number of hydrogen-bond acceptors (Lipinski definition) is 2. The van der Waals surface area contributed by atoms with E-state index in [4.69, 9.17) is 0 Å². The number of nitrogens with one attached hydrogen (secondary N) is 1. The first kappa shape index (κ1) is 16.8. The summed E-state index contributed by atoms with van der Waals surface area (Å²) < 4.78 is 3.31. The minimum absolute atomic E-state index is 0.373. The van der Waals surface area contributed by atoms with Gasteiger partial charge in [0.2, 0.25) is 0 Å². The fourth-order valence-corrected chi connectivity index (χ4v) is 3.62. The molecule has 0 saturated heterocycles. The van der Waals surface area contributed by atoms with Crippen LogP contribution in [-0.4, -0.2) is 16.3 Å². The van der Waals surface area contributed by atoms with Crippen LogP contribution in [-0.2, 0) is 6.54 Å². The summed E-state index contributed by atoms with van der Waals surface area (Å²) in [6.07, 6.45) is 13.0. The minimum atomic E-state index is 0.373. The molecule has 1 aromatic rings. The highest BCUT2D eigenvalue weighted by Gasteiger charge is 2.21. The van der Waals surface area contributed by atoms with Crippen LogP contribution in [0.1, 0.15) is 70.5 Å². The van der Waals surface area contributed by atoms with Gasteiger partial charge >= 0.3 is 0 Å². The summed E-state index contributed by atoms with van der Waals surface area (Å²) in [5.41, 5.74) is 2.93. The Balaban J connectivity index is 2.18. The van der Waals surface area contributed by atoms with Crippen molar-refractivity contribution >= 4 is 15.9 Å². The maximum atomic E-state index is 4.54. The van der Waals surface area contributed by atoms with Crippen LogP contribution in [0, 0.1) is 0 Å². The molecule has 1 N–H and O–H groups in total. The molecule has 0 aliphatic heterocycles. The molecule has 1 aliphatic rings. The third-order valence-electron chi connectivity index (χ3n) is 4.09. The highest BCUT2D eigenvalue weighted by atomic mass is 79.9. The van der Waals surface area contributed by atoms with E-state index in [1.165, 1.54) is 31.4 Å². The normalized spacial score (nSPS) is 16.8. The van der Waals surface area contributed by atoms with Crippen LogP contribution >= 0.6 is 15.9 Å². The van der Waals surface area contributed by atoms with Crippen molar-refractivity contribution in [1.82, 2.24) is 15.1 Å². The third-order valence-corrected chi connectivity index (χ3v) is 4.70. The first-order chi connectivity index (χ1) is 10.3. The van der Waals surface area contributed by atoms with Crippen LogP contribution in [0.4, 0.5) is 0 Å². The van der Waals surface area contributed by atoms with E-state index in [9.17, 15) is 0 Å². The molecule has 1 aliphatic carbocycles. The number of aryl methyl sites for hydroxylation is 1. The Labute approximate surface area is 137 Å². The van der Waals surface area contributed by atoms with Crippen molar-refractivity contribution in [1.29, 1.82) is 0 Å². The molecule has 0 fully saturated rings. The van der Waals surface area contributed by atoms with E-state index in [2.05, 4.69) is 51.0 Å². The van der Waals surface area contributed by atoms with Crippen molar-refractivity contribution in [2.75, 3.05) is 6.54 Å². The first-order valence-corrected chi connectivity index (χ1v) is 9.18. The molecule has 4 heteroatoms. The molecular weight excluding hydrogens is 326 g/mol. The summed E-state index contributed by atoms with van der Waals surface area (Å²) in [5.74, 6) is 0. The SMILES string of the molecule is CCCNC(CC1=CCCCC1)c1c(Br)cnn1CCC. The number of aromatic nitrogens is 2. The second-order valence-corrected chi connectivity index (χ2v) is 6.77. The van der Waals surface area contributed by atoms with E-state index in [1.807, 2.05) is 6.20 Å². The van der Waals surface area contributed by atoms with Crippen molar-refractivity contribution in [2.24, 2.45) is 0 Å². The third kappa shape index (κ3) is 4.68. The molecule has 0 amide bonds. The maximum absolute atomic E-state index is 4.54. The summed E-state index contributed by atoms with van der Waals surface area (Å²) in [5, 5.41) is 8.26. The van der Waals surface area contributed by atoms with E-state index < -0.39 is 0 Å². The molecule has 2 rings (SSSR count). The smallest absolute Gasteiger partial charge is 0.0698 e. The number of halogens is 1. The Morgan fingerprint density at radius 1 is 1.33 bits per heavy atom. The van der Waals surface area contributed by atoms with E-state index in [0.717, 1.165) is 36.8 Å². The average Bonchev–Trinajstić information content (AvgIpc) is 2.86. The number of rotatable bonds is 8. The molecule has 118 valence electrons. The lowest BCUT2D eigenvalue weighted by molar-refractivity contribution is 0.458. The van der Waals surface area contributed by atoms with Crippen LogP contribution in [0.15, 0.2) is 22.3 Å². The van der Waals surface area contributed by atoms with Gasteiger partial charge in [0.25, 0.3) is 0 Å². The van der Waals surface area contributed by atoms with Crippen molar-refractivity contribution < 1.29 is 0 Å². The zero-order valence-corrected chi connectivity index (χ0v) is 15.0. The van der Waals surface area contributed by atoms with Crippen molar-refractivity contribution in [3.8, 4) is 0 Å². The van der Waals surface area contributed by atoms with Gasteiger partial charge in [0.05, 0.1) is 22.4 Å². The van der Waals surface area contributed by atoms with Gasteiger partial charge in [0.1, 0.15) is 0 Å². The average molecular weight is 354 g/mol.